The summed E-state index contributed by atoms with van der Waals surface area (Å²) in [6, 6.07) is 0. The first-order valence-electron chi connectivity index (χ1n) is 2.91. The van der Waals surface area contributed by atoms with Crippen molar-refractivity contribution in [3.8, 4) is 0 Å². The van der Waals surface area contributed by atoms with E-state index in [1.165, 1.54) is 7.05 Å². The van der Waals surface area contributed by atoms with Crippen molar-refractivity contribution in [2.75, 3.05) is 27.4 Å². The van der Waals surface area contributed by atoms with Crippen LogP contribution in [0.2, 0.25) is 0 Å². The summed E-state index contributed by atoms with van der Waals surface area (Å²) in [5.41, 5.74) is 0. The van der Waals surface area contributed by atoms with Crippen LogP contribution < -0.4 is 0 Å². The van der Waals surface area contributed by atoms with Gasteiger partial charge in [0.15, 0.2) is 0 Å². The molecule has 0 saturated heterocycles. The fourth-order valence-corrected chi connectivity index (χ4v) is 0.273. The van der Waals surface area contributed by atoms with Gasteiger partial charge in [0, 0.05) is 20.6 Å². The summed E-state index contributed by atoms with van der Waals surface area (Å²) in [6.45, 7) is 3.00. The van der Waals surface area contributed by atoms with E-state index in [0.717, 1.165) is 11.6 Å². The van der Waals surface area contributed by atoms with Crippen molar-refractivity contribution in [1.29, 1.82) is 0 Å². The third kappa shape index (κ3) is 5.72. The predicted molar refractivity (Wildman–Crippen MR) is 33.8 cm³/mol. The van der Waals surface area contributed by atoms with E-state index in [9.17, 15) is 0 Å². The summed E-state index contributed by atoms with van der Waals surface area (Å²) < 4.78 is 0. The molecule has 0 spiro atoms. The molecule has 0 aromatic carbocycles. The molecule has 0 bridgehead atoms. The van der Waals surface area contributed by atoms with Gasteiger partial charge >= 0.3 is 0 Å². The molecule has 0 radical (unpaired) electrons. The molecule has 0 amide bonds. The molecule has 0 atom stereocenters. The van der Waals surface area contributed by atoms with Crippen LogP contribution in [0.4, 0.5) is 0 Å². The minimum absolute atomic E-state index is 0.213. The first kappa shape index (κ1) is 8.84. The van der Waals surface area contributed by atoms with E-state index in [1.807, 2.05) is 14.0 Å². The van der Waals surface area contributed by atoms with Crippen molar-refractivity contribution in [2.45, 2.75) is 6.92 Å². The maximum absolute atomic E-state index is 8.58. The highest BCUT2D eigenvalue weighted by atomic mass is 16.7. The van der Waals surface area contributed by atoms with Gasteiger partial charge in [-0.15, -0.1) is 0 Å². The fraction of sp³-hybridized carbons (Fsp3) is 1.00. The number of hydroxylamine groups is 4. The minimum Gasteiger partial charge on any atom is -0.312 e. The van der Waals surface area contributed by atoms with Gasteiger partial charge < -0.3 is 5.21 Å². The molecule has 0 fully saturated rings. The smallest absolute Gasteiger partial charge is 0.143 e. The molecule has 4 nitrogen and oxygen atoms in total. The lowest BCUT2D eigenvalue weighted by Gasteiger charge is -2.15. The van der Waals surface area contributed by atoms with Crippen LogP contribution in [-0.2, 0) is 4.84 Å². The lowest BCUT2D eigenvalue weighted by molar-refractivity contribution is -0.232. The Labute approximate surface area is 55.5 Å². The third-order valence-electron chi connectivity index (χ3n) is 0.910. The van der Waals surface area contributed by atoms with Gasteiger partial charge in [-0.05, 0) is 0 Å². The predicted octanol–water partition coefficient (Wildman–Crippen LogP) is 0.148. The Kier molecular flexibility index (Phi) is 4.61. The van der Waals surface area contributed by atoms with Crippen molar-refractivity contribution in [3.63, 3.8) is 0 Å². The van der Waals surface area contributed by atoms with Crippen LogP contribution >= 0.6 is 0 Å². The first-order valence-corrected chi connectivity index (χ1v) is 2.91. The zero-order valence-corrected chi connectivity index (χ0v) is 6.16. The van der Waals surface area contributed by atoms with Gasteiger partial charge in [0.05, 0.1) is 0 Å². The highest BCUT2D eigenvalue weighted by Crippen LogP contribution is 1.83. The molecule has 0 aliphatic heterocycles. The summed E-state index contributed by atoms with van der Waals surface area (Å²) in [4.78, 5) is 4.96. The van der Waals surface area contributed by atoms with Crippen LogP contribution in [0.1, 0.15) is 6.92 Å². The van der Waals surface area contributed by atoms with Gasteiger partial charge in [-0.2, -0.15) is 10.1 Å². The molecule has 9 heavy (non-hydrogen) atoms. The average Bonchev–Trinajstić information content (AvgIpc) is 1.83. The Balaban J connectivity index is 3.06. The van der Waals surface area contributed by atoms with E-state index in [4.69, 9.17) is 10.0 Å². The van der Waals surface area contributed by atoms with Crippen LogP contribution in [0.15, 0.2) is 0 Å². The monoisotopic (exact) mass is 134 g/mol. The standard InChI is InChI=1S/C5H14N2O2/c1-4-7(3)9-5-6(2)8/h8H,4-5H2,1-3H3. The van der Waals surface area contributed by atoms with Crippen molar-refractivity contribution in [2.24, 2.45) is 0 Å². The Morgan fingerprint density at radius 1 is 1.44 bits per heavy atom. The third-order valence-corrected chi connectivity index (χ3v) is 0.910. The van der Waals surface area contributed by atoms with Crippen LogP contribution in [0.5, 0.6) is 0 Å². The average molecular weight is 134 g/mol. The topological polar surface area (TPSA) is 35.9 Å². The second-order valence-corrected chi connectivity index (χ2v) is 1.86. The molecule has 56 valence electrons. The normalized spacial score (nSPS) is 11.3. The summed E-state index contributed by atoms with van der Waals surface area (Å²) in [5.74, 6) is 0. The molecule has 0 aromatic heterocycles. The van der Waals surface area contributed by atoms with Crippen molar-refractivity contribution >= 4 is 0 Å². The number of hydrogen-bond acceptors (Lipinski definition) is 4. The summed E-state index contributed by atoms with van der Waals surface area (Å²) in [6.07, 6.45) is 0. The molecule has 0 rings (SSSR count). The van der Waals surface area contributed by atoms with Crippen LogP contribution in [0.25, 0.3) is 0 Å². The lowest BCUT2D eigenvalue weighted by atomic mass is 10.8. The summed E-state index contributed by atoms with van der Waals surface area (Å²) in [5, 5.41) is 11.2. The summed E-state index contributed by atoms with van der Waals surface area (Å²) >= 11 is 0. The van der Waals surface area contributed by atoms with Gasteiger partial charge in [-0.1, -0.05) is 6.92 Å². The Morgan fingerprint density at radius 3 is 2.33 bits per heavy atom. The first-order chi connectivity index (χ1) is 4.16. The Morgan fingerprint density at radius 2 is 2.00 bits per heavy atom. The maximum Gasteiger partial charge on any atom is 0.143 e. The quantitative estimate of drug-likeness (QED) is 0.438. The van der Waals surface area contributed by atoms with Crippen LogP contribution in [0, 0.1) is 0 Å². The maximum atomic E-state index is 8.58. The molecule has 0 aliphatic rings. The van der Waals surface area contributed by atoms with Crippen molar-refractivity contribution < 1.29 is 10.0 Å². The molecule has 1 N–H and O–H groups in total. The van der Waals surface area contributed by atoms with E-state index in [-0.39, 0.29) is 6.73 Å². The molecule has 4 heteroatoms. The second-order valence-electron chi connectivity index (χ2n) is 1.86. The van der Waals surface area contributed by atoms with Crippen LogP contribution in [0.3, 0.4) is 0 Å². The van der Waals surface area contributed by atoms with Gasteiger partial charge in [0.25, 0.3) is 0 Å². The highest BCUT2D eigenvalue weighted by Gasteiger charge is 1.94. The van der Waals surface area contributed by atoms with E-state index in [0.29, 0.717) is 0 Å². The zero-order valence-electron chi connectivity index (χ0n) is 6.16. The van der Waals surface area contributed by atoms with E-state index in [1.54, 1.807) is 5.06 Å². The van der Waals surface area contributed by atoms with E-state index >= 15 is 0 Å². The molecule has 0 aromatic rings. The highest BCUT2D eigenvalue weighted by molar-refractivity contribution is 4.22. The molecular formula is C5H14N2O2. The fourth-order valence-electron chi connectivity index (χ4n) is 0.273. The molecule has 0 unspecified atom stereocenters. The number of nitrogens with zero attached hydrogens (tertiary/aromatic N) is 2. The Bertz CT molecular complexity index is 68.0. The minimum atomic E-state index is 0.213. The van der Waals surface area contributed by atoms with Crippen molar-refractivity contribution in [3.05, 3.63) is 0 Å². The lowest BCUT2D eigenvalue weighted by Crippen LogP contribution is -2.26. The van der Waals surface area contributed by atoms with Crippen molar-refractivity contribution in [1.82, 2.24) is 10.1 Å². The van der Waals surface area contributed by atoms with Gasteiger partial charge in [-0.3, -0.25) is 4.84 Å². The van der Waals surface area contributed by atoms with Crippen LogP contribution in [-0.4, -0.2) is 42.7 Å². The second kappa shape index (κ2) is 4.69. The molecule has 0 saturated carbocycles. The van der Waals surface area contributed by atoms with Gasteiger partial charge in [-0.25, -0.2) is 0 Å². The molecular weight excluding hydrogens is 120 g/mol. The SMILES string of the molecule is CCN(C)OCN(C)O. The van der Waals surface area contributed by atoms with Gasteiger partial charge in [0.1, 0.15) is 6.73 Å². The Hall–Kier alpha value is -0.160. The number of hydrogen-bond donors (Lipinski definition) is 1. The van der Waals surface area contributed by atoms with Gasteiger partial charge in [0.2, 0.25) is 0 Å². The molecule has 0 aliphatic carbocycles. The zero-order chi connectivity index (χ0) is 7.28. The van der Waals surface area contributed by atoms with E-state index < -0.39 is 0 Å². The number of rotatable bonds is 4. The summed E-state index contributed by atoms with van der Waals surface area (Å²) in [7, 11) is 3.34. The largest absolute Gasteiger partial charge is 0.312 e. The van der Waals surface area contributed by atoms with E-state index in [2.05, 4.69) is 0 Å². The molecule has 0 heterocycles.